The molecule has 0 radical (unpaired) electrons. The second-order valence-electron chi connectivity index (χ2n) is 6.11. The lowest BCUT2D eigenvalue weighted by Crippen LogP contribution is -2.15. The molecule has 1 amide bonds. The maximum Gasteiger partial charge on any atom is 0.450 e. The third-order valence-corrected chi connectivity index (χ3v) is 4.21. The summed E-state index contributed by atoms with van der Waals surface area (Å²) in [5.74, 6) is -2.52. The van der Waals surface area contributed by atoms with Crippen LogP contribution in [0.1, 0.15) is 16.2 Å². The van der Waals surface area contributed by atoms with Crippen LogP contribution in [-0.4, -0.2) is 20.4 Å². The lowest BCUT2D eigenvalue weighted by Gasteiger charge is -2.12. The Balaban J connectivity index is 1.69. The predicted octanol–water partition coefficient (Wildman–Crippen LogP) is 4.83. The van der Waals surface area contributed by atoms with E-state index in [2.05, 4.69) is 15.3 Å². The zero-order valence-electron chi connectivity index (χ0n) is 14.6. The molecule has 4 aromatic rings. The molecule has 9 heteroatoms. The fourth-order valence-electron chi connectivity index (χ4n) is 2.93. The monoisotopic (exact) mass is 400 g/mol. The van der Waals surface area contributed by atoms with Gasteiger partial charge in [-0.15, -0.1) is 0 Å². The van der Waals surface area contributed by atoms with Gasteiger partial charge in [0.2, 0.25) is 5.82 Å². The first-order valence-corrected chi connectivity index (χ1v) is 8.40. The minimum absolute atomic E-state index is 0.191. The van der Waals surface area contributed by atoms with Crippen molar-refractivity contribution in [3.05, 3.63) is 84.2 Å². The number of amides is 1. The number of para-hydroxylation sites is 2. The topological polar surface area (TPSA) is 59.8 Å². The number of alkyl halides is 3. The molecule has 2 aromatic heterocycles. The summed E-state index contributed by atoms with van der Waals surface area (Å²) in [5, 5.41) is 2.50. The second kappa shape index (κ2) is 7.01. The van der Waals surface area contributed by atoms with Crippen LogP contribution in [0.3, 0.4) is 0 Å². The van der Waals surface area contributed by atoms with Crippen molar-refractivity contribution in [1.29, 1.82) is 0 Å². The maximum absolute atomic E-state index is 13.7. The van der Waals surface area contributed by atoms with Crippen molar-refractivity contribution in [2.45, 2.75) is 6.18 Å². The number of nitrogens with one attached hydrogen (secondary N) is 1. The Morgan fingerprint density at radius 1 is 1.00 bits per heavy atom. The molecule has 0 spiro atoms. The van der Waals surface area contributed by atoms with Crippen LogP contribution in [0.5, 0.6) is 0 Å². The molecule has 2 heterocycles. The number of carbonyl (C=O) groups excluding carboxylic acids is 1. The van der Waals surface area contributed by atoms with Gasteiger partial charge in [-0.05, 0) is 42.5 Å². The zero-order valence-corrected chi connectivity index (χ0v) is 14.6. The molecule has 0 aliphatic rings. The molecule has 5 nitrogen and oxygen atoms in total. The fourth-order valence-corrected chi connectivity index (χ4v) is 2.93. The number of hydrogen-bond donors (Lipinski definition) is 1. The molecule has 0 saturated heterocycles. The Kier molecular flexibility index (Phi) is 4.50. The number of fused-ring (bicyclic) bond motifs is 1. The second-order valence-corrected chi connectivity index (χ2v) is 6.11. The molecule has 0 bridgehead atoms. The van der Waals surface area contributed by atoms with Gasteiger partial charge in [0.05, 0.1) is 22.8 Å². The van der Waals surface area contributed by atoms with E-state index in [0.29, 0.717) is 11.2 Å². The molecule has 1 N–H and O–H groups in total. The van der Waals surface area contributed by atoms with E-state index in [0.717, 1.165) is 10.8 Å². The van der Waals surface area contributed by atoms with E-state index >= 15 is 0 Å². The molecule has 0 saturated carbocycles. The number of pyridine rings is 1. The minimum Gasteiger partial charge on any atom is -0.322 e. The maximum atomic E-state index is 13.7. The first-order chi connectivity index (χ1) is 13.8. The molecule has 146 valence electrons. The van der Waals surface area contributed by atoms with Crippen molar-refractivity contribution < 1.29 is 22.4 Å². The standard InChI is InChI=1S/C20H12F4N4O/c21-15-11-25-10-9-14(15)18(29)26-12-5-7-13(8-6-12)28-17-4-2-1-3-16(17)27-19(28)20(22,23)24/h1-11H,(H,26,29). The van der Waals surface area contributed by atoms with Crippen molar-refractivity contribution in [3.8, 4) is 5.69 Å². The van der Waals surface area contributed by atoms with Gasteiger partial charge in [0, 0.05) is 17.6 Å². The van der Waals surface area contributed by atoms with Gasteiger partial charge in [0.15, 0.2) is 5.82 Å². The highest BCUT2D eigenvalue weighted by Crippen LogP contribution is 2.34. The van der Waals surface area contributed by atoms with Gasteiger partial charge >= 0.3 is 6.18 Å². The summed E-state index contributed by atoms with van der Waals surface area (Å²) in [6, 6.07) is 13.2. The van der Waals surface area contributed by atoms with Crippen molar-refractivity contribution >= 4 is 22.6 Å². The van der Waals surface area contributed by atoms with Crippen LogP contribution < -0.4 is 5.32 Å². The average Bonchev–Trinajstić information content (AvgIpc) is 3.09. The highest BCUT2D eigenvalue weighted by atomic mass is 19.4. The lowest BCUT2D eigenvalue weighted by atomic mass is 10.2. The highest BCUT2D eigenvalue weighted by Gasteiger charge is 2.38. The van der Waals surface area contributed by atoms with Crippen LogP contribution in [0.4, 0.5) is 23.2 Å². The highest BCUT2D eigenvalue weighted by molar-refractivity contribution is 6.04. The molecule has 2 aromatic carbocycles. The SMILES string of the molecule is O=C(Nc1ccc(-n2c(C(F)(F)F)nc3ccccc32)cc1)c1ccncc1F. The molecule has 0 unspecified atom stereocenters. The predicted molar refractivity (Wildman–Crippen MR) is 98.2 cm³/mol. The molecule has 0 fully saturated rings. The Labute approximate surface area is 161 Å². The van der Waals surface area contributed by atoms with Crippen LogP contribution in [0.15, 0.2) is 67.0 Å². The van der Waals surface area contributed by atoms with Crippen molar-refractivity contribution in [2.24, 2.45) is 0 Å². The molecule has 4 rings (SSSR count). The summed E-state index contributed by atoms with van der Waals surface area (Å²) in [4.78, 5) is 19.4. The van der Waals surface area contributed by atoms with Gasteiger partial charge in [-0.2, -0.15) is 13.2 Å². The molecular formula is C20H12F4N4O. The van der Waals surface area contributed by atoms with E-state index in [-0.39, 0.29) is 16.8 Å². The molecule has 0 aliphatic heterocycles. The summed E-state index contributed by atoms with van der Waals surface area (Å²) >= 11 is 0. The molecule has 0 atom stereocenters. The van der Waals surface area contributed by atoms with Gasteiger partial charge in [-0.3, -0.25) is 14.3 Å². The van der Waals surface area contributed by atoms with Gasteiger partial charge in [0.25, 0.3) is 5.91 Å². The van der Waals surface area contributed by atoms with Crippen LogP contribution >= 0.6 is 0 Å². The van der Waals surface area contributed by atoms with E-state index in [1.165, 1.54) is 42.6 Å². The largest absolute Gasteiger partial charge is 0.450 e. The summed E-state index contributed by atoms with van der Waals surface area (Å²) in [5.41, 5.74) is 0.844. The summed E-state index contributed by atoms with van der Waals surface area (Å²) in [6.45, 7) is 0. The average molecular weight is 400 g/mol. The number of benzene rings is 2. The summed E-state index contributed by atoms with van der Waals surface area (Å²) in [6.07, 6.45) is -2.45. The Morgan fingerprint density at radius 2 is 1.72 bits per heavy atom. The number of nitrogens with zero attached hydrogens (tertiary/aromatic N) is 3. The van der Waals surface area contributed by atoms with E-state index in [1.807, 2.05) is 0 Å². The number of carbonyl (C=O) groups is 1. The summed E-state index contributed by atoms with van der Waals surface area (Å²) < 4.78 is 55.1. The number of hydrogen-bond acceptors (Lipinski definition) is 3. The Bertz CT molecular complexity index is 1200. The number of rotatable bonds is 3. The van der Waals surface area contributed by atoms with Gasteiger partial charge in [-0.1, -0.05) is 12.1 Å². The van der Waals surface area contributed by atoms with Crippen LogP contribution in [0, 0.1) is 5.82 Å². The van der Waals surface area contributed by atoms with Crippen LogP contribution in [0.25, 0.3) is 16.7 Å². The van der Waals surface area contributed by atoms with Gasteiger partial charge in [-0.25, -0.2) is 9.37 Å². The number of halogens is 4. The van der Waals surface area contributed by atoms with E-state index < -0.39 is 23.7 Å². The normalized spacial score (nSPS) is 11.6. The molecule has 29 heavy (non-hydrogen) atoms. The Hall–Kier alpha value is -3.75. The number of aromatic nitrogens is 3. The number of anilines is 1. The third kappa shape index (κ3) is 3.54. The lowest BCUT2D eigenvalue weighted by molar-refractivity contribution is -0.145. The Morgan fingerprint density at radius 3 is 2.41 bits per heavy atom. The van der Waals surface area contributed by atoms with Crippen molar-refractivity contribution in [3.63, 3.8) is 0 Å². The zero-order chi connectivity index (χ0) is 20.6. The molecule has 0 aliphatic carbocycles. The first-order valence-electron chi connectivity index (χ1n) is 8.40. The van der Waals surface area contributed by atoms with Gasteiger partial charge < -0.3 is 5.32 Å². The van der Waals surface area contributed by atoms with Gasteiger partial charge in [0.1, 0.15) is 0 Å². The van der Waals surface area contributed by atoms with Crippen LogP contribution in [0.2, 0.25) is 0 Å². The number of imidazole rings is 1. The third-order valence-electron chi connectivity index (χ3n) is 4.21. The summed E-state index contributed by atoms with van der Waals surface area (Å²) in [7, 11) is 0. The first kappa shape index (κ1) is 18.6. The minimum atomic E-state index is -4.65. The quantitative estimate of drug-likeness (QED) is 0.501. The molecular weight excluding hydrogens is 388 g/mol. The fraction of sp³-hybridized carbons (Fsp3) is 0.0500. The van der Waals surface area contributed by atoms with E-state index in [9.17, 15) is 22.4 Å². The smallest absolute Gasteiger partial charge is 0.322 e. The van der Waals surface area contributed by atoms with Crippen molar-refractivity contribution in [2.75, 3.05) is 5.32 Å². The van der Waals surface area contributed by atoms with E-state index in [1.54, 1.807) is 18.2 Å². The van der Waals surface area contributed by atoms with E-state index in [4.69, 9.17) is 0 Å². The van der Waals surface area contributed by atoms with Crippen molar-refractivity contribution in [1.82, 2.24) is 14.5 Å². The van der Waals surface area contributed by atoms with Crippen LogP contribution in [-0.2, 0) is 6.18 Å².